The van der Waals surface area contributed by atoms with Gasteiger partial charge in [-0.15, -0.1) is 0 Å². The average molecular weight is 325 g/mol. The van der Waals surface area contributed by atoms with Crippen LogP contribution < -0.4 is 24.0 Å². The minimum atomic E-state index is 0. The molecule has 0 saturated heterocycles. The molecule has 0 aromatic rings. The molecule has 2 atom stereocenters. The van der Waals surface area contributed by atoms with Crippen LogP contribution in [0.3, 0.4) is 0 Å². The number of halogens is 1. The van der Waals surface area contributed by atoms with Crippen LogP contribution in [-0.4, -0.2) is 31.7 Å². The van der Waals surface area contributed by atoms with Crippen LogP contribution in [0.1, 0.15) is 46.5 Å². The summed E-state index contributed by atoms with van der Waals surface area (Å²) in [6.45, 7) is 7.20. The zero-order valence-corrected chi connectivity index (χ0v) is 13.5. The van der Waals surface area contributed by atoms with Crippen molar-refractivity contribution in [1.29, 1.82) is 0 Å². The molecule has 0 heterocycles. The molecule has 0 spiro atoms. The summed E-state index contributed by atoms with van der Waals surface area (Å²) in [5.41, 5.74) is 0.508. The first kappa shape index (κ1) is 15.7. The van der Waals surface area contributed by atoms with Gasteiger partial charge in [-0.2, -0.15) is 0 Å². The van der Waals surface area contributed by atoms with Gasteiger partial charge in [0.25, 0.3) is 0 Å². The Morgan fingerprint density at radius 1 is 1.00 bits per heavy atom. The highest BCUT2D eigenvalue weighted by atomic mass is 127. The second kappa shape index (κ2) is 5.35. The van der Waals surface area contributed by atoms with E-state index in [0.29, 0.717) is 5.41 Å². The van der Waals surface area contributed by atoms with Gasteiger partial charge in [0.2, 0.25) is 0 Å². The summed E-state index contributed by atoms with van der Waals surface area (Å²) in [5, 5.41) is 0. The maximum atomic E-state index is 2.40. The largest absolute Gasteiger partial charge is 1.00 e. The minimum absolute atomic E-state index is 0. The molecular weight excluding hydrogens is 297 g/mol. The second-order valence-corrected chi connectivity index (χ2v) is 7.00. The highest BCUT2D eigenvalue weighted by Crippen LogP contribution is 2.39. The molecule has 0 aromatic heterocycles. The zero-order valence-electron chi connectivity index (χ0n) is 11.3. The van der Waals surface area contributed by atoms with E-state index >= 15 is 0 Å². The minimum Gasteiger partial charge on any atom is -1.00 e. The van der Waals surface area contributed by atoms with Gasteiger partial charge in [-0.1, -0.05) is 20.8 Å². The van der Waals surface area contributed by atoms with Crippen molar-refractivity contribution in [1.82, 2.24) is 0 Å². The summed E-state index contributed by atoms with van der Waals surface area (Å²) >= 11 is 0. The fourth-order valence-electron chi connectivity index (χ4n) is 2.65. The quantitative estimate of drug-likeness (QED) is 0.481. The van der Waals surface area contributed by atoms with E-state index in [2.05, 4.69) is 41.9 Å². The lowest BCUT2D eigenvalue weighted by atomic mass is 9.70. The maximum Gasteiger partial charge on any atom is 0.0887 e. The Bertz CT molecular complexity index is 168. The van der Waals surface area contributed by atoms with E-state index in [-0.39, 0.29) is 24.0 Å². The molecule has 1 nitrogen and oxygen atoms in total. The van der Waals surface area contributed by atoms with Gasteiger partial charge in [-0.25, -0.2) is 0 Å². The van der Waals surface area contributed by atoms with Crippen molar-refractivity contribution < 1.29 is 28.5 Å². The first-order valence-corrected chi connectivity index (χ1v) is 6.02. The van der Waals surface area contributed by atoms with E-state index in [9.17, 15) is 0 Å². The van der Waals surface area contributed by atoms with Crippen molar-refractivity contribution >= 4 is 0 Å². The van der Waals surface area contributed by atoms with Crippen LogP contribution in [-0.2, 0) is 0 Å². The van der Waals surface area contributed by atoms with E-state index in [0.717, 1.165) is 16.4 Å². The third kappa shape index (κ3) is 4.59. The molecule has 1 rings (SSSR count). The summed E-state index contributed by atoms with van der Waals surface area (Å²) in [6, 6.07) is 0.882. The lowest BCUT2D eigenvalue weighted by Crippen LogP contribution is -3.00. The molecule has 0 aliphatic heterocycles. The van der Waals surface area contributed by atoms with Crippen molar-refractivity contribution in [2.75, 3.05) is 21.1 Å². The fraction of sp³-hybridized carbons (Fsp3) is 1.00. The molecule has 1 aliphatic rings. The van der Waals surface area contributed by atoms with E-state index in [4.69, 9.17) is 0 Å². The van der Waals surface area contributed by atoms with Gasteiger partial charge in [-0.05, 0) is 30.6 Å². The third-order valence-corrected chi connectivity index (χ3v) is 3.97. The maximum absolute atomic E-state index is 2.40. The van der Waals surface area contributed by atoms with Crippen molar-refractivity contribution in [3.8, 4) is 0 Å². The molecule has 0 radical (unpaired) electrons. The molecule has 0 aromatic carbocycles. The number of hydrogen-bond donors (Lipinski definition) is 0. The summed E-state index contributed by atoms with van der Waals surface area (Å²) in [6.07, 6.45) is 5.73. The number of hydrogen-bond acceptors (Lipinski definition) is 0. The number of nitrogens with zero attached hydrogens (tertiary/aromatic N) is 1. The van der Waals surface area contributed by atoms with Crippen LogP contribution in [0, 0.1) is 11.3 Å². The van der Waals surface area contributed by atoms with E-state index in [1.807, 2.05) is 0 Å². The van der Waals surface area contributed by atoms with Gasteiger partial charge in [-0.3, -0.25) is 0 Å². The first-order chi connectivity index (χ1) is 6.21. The van der Waals surface area contributed by atoms with Gasteiger partial charge in [0.15, 0.2) is 0 Å². The summed E-state index contributed by atoms with van der Waals surface area (Å²) < 4.78 is 1.15. The van der Waals surface area contributed by atoms with Crippen molar-refractivity contribution in [3.63, 3.8) is 0 Å². The molecule has 1 fully saturated rings. The smallest absolute Gasteiger partial charge is 0.0887 e. The fourth-order valence-corrected chi connectivity index (χ4v) is 2.65. The average Bonchev–Trinajstić information content (AvgIpc) is 2.01. The van der Waals surface area contributed by atoms with Crippen molar-refractivity contribution in [2.45, 2.75) is 52.5 Å². The van der Waals surface area contributed by atoms with Crippen LogP contribution in [0.4, 0.5) is 0 Å². The monoisotopic (exact) mass is 325 g/mol. The predicted octanol–water partition coefficient (Wildman–Crippen LogP) is 0.302. The van der Waals surface area contributed by atoms with E-state index in [1.54, 1.807) is 0 Å². The van der Waals surface area contributed by atoms with Crippen LogP contribution in [0.2, 0.25) is 0 Å². The van der Waals surface area contributed by atoms with Gasteiger partial charge in [0.1, 0.15) is 0 Å². The summed E-state index contributed by atoms with van der Waals surface area (Å²) in [7, 11) is 7.03. The van der Waals surface area contributed by atoms with E-state index < -0.39 is 0 Å². The van der Waals surface area contributed by atoms with Gasteiger partial charge in [0, 0.05) is 6.42 Å². The molecule has 0 bridgehead atoms. The topological polar surface area (TPSA) is 0 Å². The highest BCUT2D eigenvalue weighted by Gasteiger charge is 2.35. The van der Waals surface area contributed by atoms with Crippen molar-refractivity contribution in [2.24, 2.45) is 11.3 Å². The zero-order chi connectivity index (χ0) is 11.0. The van der Waals surface area contributed by atoms with Gasteiger partial charge < -0.3 is 28.5 Å². The molecule has 0 amide bonds. The number of quaternary nitrogens is 1. The Balaban J connectivity index is 0.00000196. The summed E-state index contributed by atoms with van der Waals surface area (Å²) in [4.78, 5) is 0. The Morgan fingerprint density at radius 3 is 1.93 bits per heavy atom. The highest BCUT2D eigenvalue weighted by molar-refractivity contribution is 4.81. The lowest BCUT2D eigenvalue weighted by molar-refractivity contribution is -0.898. The molecule has 1 aliphatic carbocycles. The Morgan fingerprint density at radius 2 is 1.53 bits per heavy atom. The first-order valence-electron chi connectivity index (χ1n) is 6.02. The predicted molar refractivity (Wildman–Crippen MR) is 63.2 cm³/mol. The third-order valence-electron chi connectivity index (χ3n) is 3.97. The van der Waals surface area contributed by atoms with E-state index in [1.165, 1.54) is 25.7 Å². The van der Waals surface area contributed by atoms with Crippen molar-refractivity contribution in [3.05, 3.63) is 0 Å². The Kier molecular flexibility index (Phi) is 5.59. The Labute approximate surface area is 113 Å². The second-order valence-electron chi connectivity index (χ2n) is 7.00. The van der Waals surface area contributed by atoms with Crippen LogP contribution >= 0.6 is 0 Å². The van der Waals surface area contributed by atoms with Gasteiger partial charge in [0.05, 0.1) is 27.2 Å². The molecule has 0 unspecified atom stereocenters. The molecule has 0 N–H and O–H groups in total. The van der Waals surface area contributed by atoms with Gasteiger partial charge >= 0.3 is 0 Å². The molecular formula is C13H28IN. The molecule has 15 heavy (non-hydrogen) atoms. The summed E-state index contributed by atoms with van der Waals surface area (Å²) in [5.74, 6) is 0.929. The number of rotatable bonds is 1. The Hall–Kier alpha value is 0.690. The normalized spacial score (nSPS) is 28.4. The lowest BCUT2D eigenvalue weighted by Gasteiger charge is -2.43. The van der Waals surface area contributed by atoms with Crippen LogP contribution in [0.5, 0.6) is 0 Å². The molecule has 1 saturated carbocycles. The van der Waals surface area contributed by atoms with Crippen LogP contribution in [0.25, 0.3) is 0 Å². The SMILES string of the molecule is CC(C)(C)[C@H]1CCC[C@H]([N+](C)(C)C)C1.[I-]. The standard InChI is InChI=1S/C13H28N.HI/c1-13(2,3)11-8-7-9-12(10-11)14(4,5)6;/h11-12H,7-10H2,1-6H3;1H/q+1;/p-1/t11-,12-;/m0./s1. The van der Waals surface area contributed by atoms with Crippen LogP contribution in [0.15, 0.2) is 0 Å². The molecule has 2 heteroatoms. The molecule has 92 valence electrons.